The Labute approximate surface area is 98.0 Å². The lowest BCUT2D eigenvalue weighted by Crippen LogP contribution is -2.19. The zero-order chi connectivity index (χ0) is 11.4. The van der Waals surface area contributed by atoms with Crippen molar-refractivity contribution >= 4 is 5.69 Å². The molecule has 0 saturated heterocycles. The Kier molecular flexibility index (Phi) is 3.83. The quantitative estimate of drug-likeness (QED) is 0.839. The van der Waals surface area contributed by atoms with Gasteiger partial charge in [-0.2, -0.15) is 0 Å². The molecule has 0 amide bonds. The van der Waals surface area contributed by atoms with Crippen molar-refractivity contribution in [3.8, 4) is 0 Å². The van der Waals surface area contributed by atoms with E-state index < -0.39 is 0 Å². The van der Waals surface area contributed by atoms with E-state index in [1.165, 1.54) is 24.1 Å². The highest BCUT2D eigenvalue weighted by Gasteiger charge is 2.21. The summed E-state index contributed by atoms with van der Waals surface area (Å²) in [6, 6.07) is 8.68. The van der Waals surface area contributed by atoms with Crippen LogP contribution in [-0.4, -0.2) is 20.3 Å². The van der Waals surface area contributed by atoms with E-state index in [0.717, 1.165) is 13.2 Å². The maximum atomic E-state index is 5.22. The van der Waals surface area contributed by atoms with Gasteiger partial charge in [0.05, 0.1) is 0 Å². The molecular weight excluding hydrogens is 198 g/mol. The van der Waals surface area contributed by atoms with E-state index in [9.17, 15) is 0 Å². The highest BCUT2D eigenvalue weighted by Crippen LogP contribution is 2.35. The van der Waals surface area contributed by atoms with Gasteiger partial charge in [0.2, 0.25) is 0 Å². The summed E-state index contributed by atoms with van der Waals surface area (Å²) < 4.78 is 5.22. The Morgan fingerprint density at radius 1 is 1.44 bits per heavy atom. The minimum Gasteiger partial charge on any atom is -0.385 e. The van der Waals surface area contributed by atoms with Crippen LogP contribution in [0.1, 0.15) is 31.2 Å². The van der Waals surface area contributed by atoms with Gasteiger partial charge in [0.25, 0.3) is 0 Å². The molecule has 0 aromatic heterocycles. The number of anilines is 1. The number of para-hydroxylation sites is 1. The first-order valence-electron chi connectivity index (χ1n) is 6.13. The van der Waals surface area contributed by atoms with Crippen LogP contribution >= 0.6 is 0 Å². The second-order valence-electron chi connectivity index (χ2n) is 4.80. The van der Waals surface area contributed by atoms with Crippen molar-refractivity contribution in [2.45, 2.75) is 25.7 Å². The monoisotopic (exact) mass is 219 g/mol. The molecule has 1 aliphatic rings. The van der Waals surface area contributed by atoms with E-state index in [1.807, 2.05) is 0 Å². The molecule has 2 rings (SSSR count). The molecule has 0 saturated carbocycles. The summed E-state index contributed by atoms with van der Waals surface area (Å²) in [5.41, 5.74) is 2.81. The van der Waals surface area contributed by atoms with Crippen molar-refractivity contribution in [1.82, 2.24) is 0 Å². The molecule has 16 heavy (non-hydrogen) atoms. The van der Waals surface area contributed by atoms with Gasteiger partial charge in [-0.3, -0.25) is 0 Å². The Bertz CT molecular complexity index is 337. The molecule has 0 radical (unpaired) electrons. The smallest absolute Gasteiger partial charge is 0.0488 e. The number of benzene rings is 1. The van der Waals surface area contributed by atoms with Crippen LogP contribution in [-0.2, 0) is 4.74 Å². The third kappa shape index (κ3) is 2.56. The van der Waals surface area contributed by atoms with Crippen LogP contribution in [0.5, 0.6) is 0 Å². The molecule has 1 aromatic carbocycles. The fourth-order valence-electron chi connectivity index (χ4n) is 2.63. The largest absolute Gasteiger partial charge is 0.385 e. The molecule has 0 fully saturated rings. The molecule has 2 nitrogen and oxygen atoms in total. The van der Waals surface area contributed by atoms with Crippen molar-refractivity contribution in [2.75, 3.05) is 25.6 Å². The van der Waals surface area contributed by atoms with Gasteiger partial charge in [-0.05, 0) is 36.3 Å². The first-order chi connectivity index (χ1) is 7.81. The lowest BCUT2D eigenvalue weighted by Gasteiger charge is -2.28. The van der Waals surface area contributed by atoms with E-state index in [-0.39, 0.29) is 0 Å². The first-order valence-corrected chi connectivity index (χ1v) is 6.13. The van der Waals surface area contributed by atoms with Gasteiger partial charge in [0, 0.05) is 25.9 Å². The summed E-state index contributed by atoms with van der Waals surface area (Å²) in [6.45, 7) is 4.24. The van der Waals surface area contributed by atoms with Crippen LogP contribution in [0.25, 0.3) is 0 Å². The molecule has 0 spiro atoms. The minimum atomic E-state index is 0.640. The molecule has 1 aromatic rings. The molecule has 0 bridgehead atoms. The van der Waals surface area contributed by atoms with Gasteiger partial charge >= 0.3 is 0 Å². The van der Waals surface area contributed by atoms with Crippen molar-refractivity contribution in [1.29, 1.82) is 0 Å². The average molecular weight is 219 g/mol. The summed E-state index contributed by atoms with van der Waals surface area (Å²) in [5, 5.41) is 3.47. The standard InChI is InChI=1S/C14H21NO/c1-11(10-16-2)9-12-7-8-15-14-6-4-3-5-13(12)14/h3-6,11-12,15H,7-10H2,1-2H3. The SMILES string of the molecule is COCC(C)CC1CCNc2ccccc21. The van der Waals surface area contributed by atoms with Crippen LogP contribution in [0.2, 0.25) is 0 Å². The van der Waals surface area contributed by atoms with Gasteiger partial charge < -0.3 is 10.1 Å². The zero-order valence-electron chi connectivity index (χ0n) is 10.2. The molecular formula is C14H21NO. The predicted octanol–water partition coefficient (Wildman–Crippen LogP) is 3.26. The zero-order valence-corrected chi connectivity index (χ0v) is 10.2. The lowest BCUT2D eigenvalue weighted by molar-refractivity contribution is 0.151. The predicted molar refractivity (Wildman–Crippen MR) is 67.9 cm³/mol. The summed E-state index contributed by atoms with van der Waals surface area (Å²) in [5.74, 6) is 1.34. The number of ether oxygens (including phenoxy) is 1. The van der Waals surface area contributed by atoms with E-state index in [1.54, 1.807) is 7.11 Å². The second kappa shape index (κ2) is 5.35. The Hall–Kier alpha value is -1.02. The topological polar surface area (TPSA) is 21.3 Å². The van der Waals surface area contributed by atoms with Crippen LogP contribution in [0.3, 0.4) is 0 Å². The van der Waals surface area contributed by atoms with Gasteiger partial charge in [-0.15, -0.1) is 0 Å². The normalized spacial score (nSPS) is 21.0. The highest BCUT2D eigenvalue weighted by molar-refractivity contribution is 5.54. The van der Waals surface area contributed by atoms with E-state index >= 15 is 0 Å². The van der Waals surface area contributed by atoms with Gasteiger partial charge in [-0.25, -0.2) is 0 Å². The van der Waals surface area contributed by atoms with Crippen LogP contribution in [0.4, 0.5) is 5.69 Å². The van der Waals surface area contributed by atoms with Crippen molar-refractivity contribution in [3.05, 3.63) is 29.8 Å². The van der Waals surface area contributed by atoms with Crippen LogP contribution < -0.4 is 5.32 Å². The Morgan fingerprint density at radius 3 is 3.06 bits per heavy atom. The van der Waals surface area contributed by atoms with Crippen molar-refractivity contribution in [2.24, 2.45) is 5.92 Å². The molecule has 2 atom stereocenters. The van der Waals surface area contributed by atoms with Gasteiger partial charge in [0.15, 0.2) is 0 Å². The molecule has 1 heterocycles. The number of nitrogens with one attached hydrogen (secondary N) is 1. The number of hydrogen-bond donors (Lipinski definition) is 1. The Morgan fingerprint density at radius 2 is 2.25 bits per heavy atom. The summed E-state index contributed by atoms with van der Waals surface area (Å²) in [6.07, 6.45) is 2.47. The summed E-state index contributed by atoms with van der Waals surface area (Å²) in [4.78, 5) is 0. The number of fused-ring (bicyclic) bond motifs is 1. The van der Waals surface area contributed by atoms with Crippen LogP contribution in [0, 0.1) is 5.92 Å². The average Bonchev–Trinajstić information content (AvgIpc) is 2.30. The molecule has 2 unspecified atom stereocenters. The number of hydrogen-bond acceptors (Lipinski definition) is 2. The van der Waals surface area contributed by atoms with E-state index in [4.69, 9.17) is 4.74 Å². The molecule has 2 heteroatoms. The lowest BCUT2D eigenvalue weighted by atomic mass is 9.84. The minimum absolute atomic E-state index is 0.640. The van der Waals surface area contributed by atoms with Crippen molar-refractivity contribution in [3.63, 3.8) is 0 Å². The first kappa shape index (κ1) is 11.5. The summed E-state index contributed by atoms with van der Waals surface area (Å²) >= 11 is 0. The fourth-order valence-corrected chi connectivity index (χ4v) is 2.63. The van der Waals surface area contributed by atoms with Crippen molar-refractivity contribution < 1.29 is 4.74 Å². The molecule has 1 N–H and O–H groups in total. The van der Waals surface area contributed by atoms with Crippen LogP contribution in [0.15, 0.2) is 24.3 Å². The third-order valence-corrected chi connectivity index (χ3v) is 3.35. The van der Waals surface area contributed by atoms with Gasteiger partial charge in [0.1, 0.15) is 0 Å². The fraction of sp³-hybridized carbons (Fsp3) is 0.571. The maximum Gasteiger partial charge on any atom is 0.0488 e. The van der Waals surface area contributed by atoms with E-state index in [2.05, 4.69) is 36.5 Å². The molecule has 0 aliphatic carbocycles. The number of methoxy groups -OCH3 is 1. The number of rotatable bonds is 4. The Balaban J connectivity index is 2.07. The second-order valence-corrected chi connectivity index (χ2v) is 4.80. The summed E-state index contributed by atoms with van der Waals surface area (Å²) in [7, 11) is 1.78. The van der Waals surface area contributed by atoms with E-state index in [0.29, 0.717) is 11.8 Å². The molecule has 88 valence electrons. The highest BCUT2D eigenvalue weighted by atomic mass is 16.5. The van der Waals surface area contributed by atoms with Gasteiger partial charge in [-0.1, -0.05) is 25.1 Å². The third-order valence-electron chi connectivity index (χ3n) is 3.35. The maximum absolute atomic E-state index is 5.22. The molecule has 1 aliphatic heterocycles.